The van der Waals surface area contributed by atoms with E-state index < -0.39 is 17.8 Å². The molecule has 2 N–H and O–H groups in total. The summed E-state index contributed by atoms with van der Waals surface area (Å²) in [7, 11) is 0. The van der Waals surface area contributed by atoms with Crippen LogP contribution in [0.2, 0.25) is 0 Å². The number of ether oxygens (including phenoxy) is 1. The van der Waals surface area contributed by atoms with Crippen molar-refractivity contribution in [2.75, 3.05) is 5.32 Å². The van der Waals surface area contributed by atoms with Crippen LogP contribution in [0.5, 0.6) is 5.75 Å². The highest BCUT2D eigenvalue weighted by Gasteiger charge is 2.16. The Balaban J connectivity index is 1.66. The van der Waals surface area contributed by atoms with Gasteiger partial charge in [-0.05, 0) is 49.6 Å². The van der Waals surface area contributed by atoms with Crippen LogP contribution in [0.15, 0.2) is 71.1 Å². The largest absolute Gasteiger partial charge is 0.422 e. The second-order valence-corrected chi connectivity index (χ2v) is 7.27. The van der Waals surface area contributed by atoms with Crippen LogP contribution in [0, 0.1) is 6.92 Å². The van der Waals surface area contributed by atoms with Crippen LogP contribution in [-0.4, -0.2) is 23.5 Å². The fourth-order valence-electron chi connectivity index (χ4n) is 2.47. The number of nitrogens with zero attached hydrogens (tertiary/aromatic N) is 1. The molecule has 0 radical (unpaired) electrons. The zero-order chi connectivity index (χ0) is 21.5. The van der Waals surface area contributed by atoms with Gasteiger partial charge in [-0.2, -0.15) is 5.10 Å². The Labute approximate surface area is 177 Å². The average molecular weight is 421 g/mol. The number of amides is 2. The Kier molecular flexibility index (Phi) is 6.71. The molecule has 0 saturated heterocycles. The van der Waals surface area contributed by atoms with E-state index in [4.69, 9.17) is 4.74 Å². The zero-order valence-electron chi connectivity index (χ0n) is 16.3. The maximum absolute atomic E-state index is 12.2. The monoisotopic (exact) mass is 421 g/mol. The van der Waals surface area contributed by atoms with Crippen molar-refractivity contribution in [3.05, 3.63) is 82.0 Å². The molecule has 0 aliphatic rings. The summed E-state index contributed by atoms with van der Waals surface area (Å²) < 4.78 is 5.45. The molecule has 3 rings (SSSR count). The van der Waals surface area contributed by atoms with Gasteiger partial charge in [0.15, 0.2) is 0 Å². The lowest BCUT2D eigenvalue weighted by Crippen LogP contribution is -2.33. The Morgan fingerprint density at radius 1 is 0.933 bits per heavy atom. The number of anilines is 1. The van der Waals surface area contributed by atoms with Gasteiger partial charge in [0.2, 0.25) is 0 Å². The minimum absolute atomic E-state index is 0.301. The Bertz CT molecular complexity index is 1090. The smallest absolute Gasteiger partial charge is 0.353 e. The van der Waals surface area contributed by atoms with E-state index in [2.05, 4.69) is 15.8 Å². The predicted molar refractivity (Wildman–Crippen MR) is 116 cm³/mol. The van der Waals surface area contributed by atoms with E-state index in [1.165, 1.54) is 11.3 Å². The summed E-state index contributed by atoms with van der Waals surface area (Å²) >= 11 is 1.28. The average Bonchev–Trinajstić information content (AvgIpc) is 3.29. The number of rotatable bonds is 5. The van der Waals surface area contributed by atoms with Gasteiger partial charge in [0.25, 0.3) is 0 Å². The third-order valence-electron chi connectivity index (χ3n) is 4.04. The first kappa shape index (κ1) is 20.9. The van der Waals surface area contributed by atoms with Gasteiger partial charge >= 0.3 is 17.8 Å². The van der Waals surface area contributed by atoms with Crippen molar-refractivity contribution in [3.8, 4) is 5.75 Å². The van der Waals surface area contributed by atoms with Crippen LogP contribution < -0.4 is 15.5 Å². The molecule has 0 saturated carbocycles. The van der Waals surface area contributed by atoms with Crippen molar-refractivity contribution in [1.82, 2.24) is 5.43 Å². The topological polar surface area (TPSA) is 96.9 Å². The van der Waals surface area contributed by atoms with Gasteiger partial charge in [0.05, 0.1) is 5.71 Å². The van der Waals surface area contributed by atoms with Gasteiger partial charge < -0.3 is 10.1 Å². The van der Waals surface area contributed by atoms with Crippen molar-refractivity contribution < 1.29 is 19.1 Å². The number of nitrogens with one attached hydrogen (secondary N) is 2. The number of carbonyl (C=O) groups is 3. The minimum atomic E-state index is -0.914. The highest BCUT2D eigenvalue weighted by atomic mass is 32.1. The van der Waals surface area contributed by atoms with Crippen molar-refractivity contribution in [3.63, 3.8) is 0 Å². The molecule has 0 aliphatic carbocycles. The SMILES string of the molecule is CC(=NNC(=O)C(=O)Nc1ccc(C)cc1)c1ccccc1OC(=O)c1cccs1. The third kappa shape index (κ3) is 5.39. The van der Waals surface area contributed by atoms with E-state index in [-0.39, 0.29) is 0 Å². The van der Waals surface area contributed by atoms with E-state index in [0.717, 1.165) is 5.56 Å². The summed E-state index contributed by atoms with van der Waals surface area (Å²) in [5, 5.41) is 8.25. The molecule has 1 aromatic heterocycles. The Hall–Kier alpha value is -3.78. The first-order chi connectivity index (χ1) is 14.4. The van der Waals surface area contributed by atoms with Gasteiger partial charge in [0, 0.05) is 11.3 Å². The van der Waals surface area contributed by atoms with Gasteiger partial charge in [-0.25, -0.2) is 10.2 Å². The van der Waals surface area contributed by atoms with Crippen LogP contribution in [-0.2, 0) is 9.59 Å². The number of aryl methyl sites for hydroxylation is 1. The molecule has 0 spiro atoms. The van der Waals surface area contributed by atoms with Crippen molar-refractivity contribution >= 4 is 40.5 Å². The van der Waals surface area contributed by atoms with Crippen LogP contribution in [0.1, 0.15) is 27.7 Å². The second kappa shape index (κ2) is 9.62. The molecule has 152 valence electrons. The molecule has 0 atom stereocenters. The molecule has 2 aromatic carbocycles. The van der Waals surface area contributed by atoms with Crippen molar-refractivity contribution in [2.45, 2.75) is 13.8 Å². The normalized spacial score (nSPS) is 10.9. The molecule has 8 heteroatoms. The number of carbonyl (C=O) groups excluding carboxylic acids is 3. The summed E-state index contributed by atoms with van der Waals surface area (Å²) in [5.41, 5.74) is 4.66. The second-order valence-electron chi connectivity index (χ2n) is 6.32. The Morgan fingerprint density at radius 2 is 1.67 bits per heavy atom. The lowest BCUT2D eigenvalue weighted by Gasteiger charge is -2.09. The van der Waals surface area contributed by atoms with E-state index >= 15 is 0 Å². The molecule has 0 bridgehead atoms. The van der Waals surface area contributed by atoms with E-state index in [0.29, 0.717) is 27.6 Å². The fourth-order valence-corrected chi connectivity index (χ4v) is 3.07. The van der Waals surface area contributed by atoms with E-state index in [1.807, 2.05) is 19.1 Å². The Morgan fingerprint density at radius 3 is 2.37 bits per heavy atom. The molecule has 1 heterocycles. The molecule has 3 aromatic rings. The summed E-state index contributed by atoms with van der Waals surface area (Å²) in [6.45, 7) is 3.56. The van der Waals surface area contributed by atoms with E-state index in [1.54, 1.807) is 60.8 Å². The first-order valence-electron chi connectivity index (χ1n) is 9.01. The lowest BCUT2D eigenvalue weighted by atomic mass is 10.1. The number of hydrazone groups is 1. The number of hydrogen-bond acceptors (Lipinski definition) is 6. The van der Waals surface area contributed by atoms with Crippen molar-refractivity contribution in [2.24, 2.45) is 5.10 Å². The lowest BCUT2D eigenvalue weighted by molar-refractivity contribution is -0.136. The van der Waals surface area contributed by atoms with Gasteiger partial charge in [-0.1, -0.05) is 35.9 Å². The molecule has 0 fully saturated rings. The standard InChI is InChI=1S/C22H19N3O4S/c1-14-9-11-16(12-10-14)23-20(26)21(27)25-24-15(2)17-6-3-4-7-18(17)29-22(28)19-8-5-13-30-19/h3-13H,1-2H3,(H,23,26)(H,25,27). The molecular formula is C22H19N3O4S. The summed E-state index contributed by atoms with van der Waals surface area (Å²) in [4.78, 5) is 36.8. The summed E-state index contributed by atoms with van der Waals surface area (Å²) in [6.07, 6.45) is 0. The van der Waals surface area contributed by atoms with Gasteiger partial charge in [-0.3, -0.25) is 9.59 Å². The summed E-state index contributed by atoms with van der Waals surface area (Å²) in [6, 6.07) is 17.3. The molecule has 0 unspecified atom stereocenters. The predicted octanol–water partition coefficient (Wildman–Crippen LogP) is 3.75. The summed E-state index contributed by atoms with van der Waals surface area (Å²) in [5.74, 6) is -1.93. The first-order valence-corrected chi connectivity index (χ1v) is 9.89. The number of benzene rings is 2. The number of para-hydroxylation sites is 1. The minimum Gasteiger partial charge on any atom is -0.422 e. The number of thiophene rings is 1. The maximum Gasteiger partial charge on any atom is 0.353 e. The van der Waals surface area contributed by atoms with Crippen LogP contribution in [0.25, 0.3) is 0 Å². The van der Waals surface area contributed by atoms with E-state index in [9.17, 15) is 14.4 Å². The molecule has 30 heavy (non-hydrogen) atoms. The maximum atomic E-state index is 12.2. The van der Waals surface area contributed by atoms with Crippen molar-refractivity contribution in [1.29, 1.82) is 0 Å². The number of hydrogen-bond donors (Lipinski definition) is 2. The van der Waals surface area contributed by atoms with Crippen LogP contribution in [0.3, 0.4) is 0 Å². The fraction of sp³-hybridized carbons (Fsp3) is 0.0909. The molecule has 2 amide bonds. The molecule has 0 aliphatic heterocycles. The molecule has 7 nitrogen and oxygen atoms in total. The van der Waals surface area contributed by atoms with Crippen LogP contribution >= 0.6 is 11.3 Å². The highest BCUT2D eigenvalue weighted by Crippen LogP contribution is 2.21. The van der Waals surface area contributed by atoms with Gasteiger partial charge in [0.1, 0.15) is 10.6 Å². The third-order valence-corrected chi connectivity index (χ3v) is 4.89. The van der Waals surface area contributed by atoms with Crippen LogP contribution in [0.4, 0.5) is 5.69 Å². The highest BCUT2D eigenvalue weighted by molar-refractivity contribution is 7.12. The number of esters is 1. The zero-order valence-corrected chi connectivity index (χ0v) is 17.2. The van der Waals surface area contributed by atoms with Gasteiger partial charge in [-0.15, -0.1) is 11.3 Å². The molecular weight excluding hydrogens is 402 g/mol. The quantitative estimate of drug-likeness (QED) is 0.216.